The Hall–Kier alpha value is -1.05. The van der Waals surface area contributed by atoms with Gasteiger partial charge >= 0.3 is 0 Å². The maximum absolute atomic E-state index is 12.3. The summed E-state index contributed by atoms with van der Waals surface area (Å²) in [5, 5.41) is 3.03. The number of sulfonamides is 1. The topological polar surface area (TPSA) is 75.3 Å². The molecule has 0 atom stereocenters. The first-order valence-electron chi connectivity index (χ1n) is 9.60. The average Bonchev–Trinajstić information content (AvgIpc) is 2.61. The van der Waals surface area contributed by atoms with E-state index in [0.29, 0.717) is 6.54 Å². The molecular formula is C20H32N2O3S2. The zero-order valence-corrected chi connectivity index (χ0v) is 18.2. The highest BCUT2D eigenvalue weighted by Gasteiger charge is 2.33. The van der Waals surface area contributed by atoms with Gasteiger partial charge in [-0.2, -0.15) is 11.8 Å². The number of nitrogens with one attached hydrogen (secondary N) is 2. The lowest BCUT2D eigenvalue weighted by Crippen LogP contribution is -2.46. The Bertz CT molecular complexity index is 692. The summed E-state index contributed by atoms with van der Waals surface area (Å²) in [6.45, 7) is 5.77. The van der Waals surface area contributed by atoms with Gasteiger partial charge in [-0.15, -0.1) is 0 Å². The fourth-order valence-electron chi connectivity index (χ4n) is 3.02. The number of hydrogen-bond acceptors (Lipinski definition) is 4. The van der Waals surface area contributed by atoms with E-state index in [1.165, 1.54) is 5.56 Å². The average molecular weight is 413 g/mol. The van der Waals surface area contributed by atoms with Gasteiger partial charge in [0.25, 0.3) is 0 Å². The van der Waals surface area contributed by atoms with Crippen molar-refractivity contribution in [2.75, 3.05) is 12.3 Å². The molecule has 1 aliphatic rings. The van der Waals surface area contributed by atoms with Crippen molar-refractivity contribution in [1.82, 2.24) is 10.0 Å². The predicted octanol–water partition coefficient (Wildman–Crippen LogP) is 3.31. The van der Waals surface area contributed by atoms with Crippen molar-refractivity contribution in [2.24, 2.45) is 5.92 Å². The molecule has 1 fully saturated rings. The van der Waals surface area contributed by atoms with Crippen LogP contribution in [0.4, 0.5) is 0 Å². The summed E-state index contributed by atoms with van der Waals surface area (Å²) in [7, 11) is -3.33. The number of hydrogen-bond donors (Lipinski definition) is 2. The van der Waals surface area contributed by atoms with E-state index in [1.54, 1.807) is 20.8 Å². The van der Waals surface area contributed by atoms with Crippen LogP contribution >= 0.6 is 11.8 Å². The second kappa shape index (κ2) is 9.94. The van der Waals surface area contributed by atoms with E-state index in [-0.39, 0.29) is 17.9 Å². The van der Waals surface area contributed by atoms with Crippen LogP contribution in [0.5, 0.6) is 0 Å². The van der Waals surface area contributed by atoms with E-state index in [9.17, 15) is 13.2 Å². The normalized spacial score (nSPS) is 21.0. The van der Waals surface area contributed by atoms with Gasteiger partial charge in [-0.1, -0.05) is 30.3 Å². The number of carbonyl (C=O) groups excluding carboxylic acids is 1. The van der Waals surface area contributed by atoms with Crippen LogP contribution in [0.1, 0.15) is 52.0 Å². The molecule has 152 valence electrons. The Morgan fingerprint density at radius 1 is 1.11 bits per heavy atom. The summed E-state index contributed by atoms with van der Waals surface area (Å²) in [5.41, 5.74) is 1.30. The third-order valence-electron chi connectivity index (χ3n) is 4.88. The monoisotopic (exact) mass is 412 g/mol. The van der Waals surface area contributed by atoms with Crippen molar-refractivity contribution in [3.63, 3.8) is 0 Å². The highest BCUT2D eigenvalue weighted by atomic mass is 32.2. The van der Waals surface area contributed by atoms with Gasteiger partial charge in [0.15, 0.2) is 0 Å². The minimum Gasteiger partial charge on any atom is -0.355 e. The highest BCUT2D eigenvalue weighted by molar-refractivity contribution is 7.98. The quantitative estimate of drug-likeness (QED) is 0.642. The van der Waals surface area contributed by atoms with Gasteiger partial charge in [0, 0.05) is 30.0 Å². The number of carbonyl (C=O) groups is 1. The first-order valence-corrected chi connectivity index (χ1v) is 12.2. The Morgan fingerprint density at radius 3 is 2.33 bits per heavy atom. The fourth-order valence-corrected chi connectivity index (χ4v) is 4.87. The molecule has 0 aromatic heterocycles. The third-order valence-corrected chi connectivity index (χ3v) is 8.17. The first kappa shape index (κ1) is 22.2. The van der Waals surface area contributed by atoms with Gasteiger partial charge in [0.2, 0.25) is 15.9 Å². The Labute approximate surface area is 168 Å². The van der Waals surface area contributed by atoms with Gasteiger partial charge in [-0.25, -0.2) is 13.1 Å². The number of amides is 1. The largest absolute Gasteiger partial charge is 0.355 e. The van der Waals surface area contributed by atoms with E-state index in [1.807, 2.05) is 30.0 Å². The van der Waals surface area contributed by atoms with Gasteiger partial charge in [0.1, 0.15) is 0 Å². The Balaban J connectivity index is 1.63. The molecule has 1 aliphatic carbocycles. The van der Waals surface area contributed by atoms with Crippen LogP contribution in [-0.4, -0.2) is 37.4 Å². The van der Waals surface area contributed by atoms with Crippen LogP contribution in [0, 0.1) is 5.92 Å². The highest BCUT2D eigenvalue weighted by Crippen LogP contribution is 2.26. The molecular weight excluding hydrogens is 380 g/mol. The zero-order valence-electron chi connectivity index (χ0n) is 16.5. The molecule has 0 heterocycles. The standard InChI is InChI=1S/C20H32N2O3S2/c1-20(2,3)27(24,25)22-18-11-9-17(10-12-18)19(23)21-13-14-26-15-16-7-5-4-6-8-16/h4-8,17-18,22H,9-15H2,1-3H3,(H,21,23). The summed E-state index contributed by atoms with van der Waals surface area (Å²) < 4.78 is 26.5. The van der Waals surface area contributed by atoms with Gasteiger partial charge < -0.3 is 5.32 Å². The maximum atomic E-state index is 12.3. The summed E-state index contributed by atoms with van der Waals surface area (Å²) in [4.78, 5) is 12.3. The molecule has 0 aliphatic heterocycles. The third kappa shape index (κ3) is 7.12. The molecule has 1 amide bonds. The Morgan fingerprint density at radius 2 is 1.74 bits per heavy atom. The molecule has 27 heavy (non-hydrogen) atoms. The van der Waals surface area contributed by atoms with Crippen LogP contribution in [0.2, 0.25) is 0 Å². The van der Waals surface area contributed by atoms with Crippen LogP contribution in [0.3, 0.4) is 0 Å². The summed E-state index contributed by atoms with van der Waals surface area (Å²) in [6.07, 6.45) is 2.91. The number of thioether (sulfide) groups is 1. The van der Waals surface area contributed by atoms with E-state index < -0.39 is 14.8 Å². The summed E-state index contributed by atoms with van der Waals surface area (Å²) in [5.74, 6) is 1.95. The van der Waals surface area contributed by atoms with E-state index >= 15 is 0 Å². The fraction of sp³-hybridized carbons (Fsp3) is 0.650. The Kier molecular flexibility index (Phi) is 8.19. The number of rotatable bonds is 8. The van der Waals surface area contributed by atoms with Crippen LogP contribution < -0.4 is 10.0 Å². The molecule has 0 radical (unpaired) electrons. The zero-order chi connectivity index (χ0) is 19.9. The predicted molar refractivity (Wildman–Crippen MR) is 113 cm³/mol. The van der Waals surface area contributed by atoms with Crippen molar-refractivity contribution < 1.29 is 13.2 Å². The van der Waals surface area contributed by atoms with Crippen molar-refractivity contribution in [3.05, 3.63) is 35.9 Å². The second-order valence-electron chi connectivity index (χ2n) is 8.11. The van der Waals surface area contributed by atoms with Crippen molar-refractivity contribution >= 4 is 27.7 Å². The van der Waals surface area contributed by atoms with Gasteiger partial charge in [-0.3, -0.25) is 4.79 Å². The lowest BCUT2D eigenvalue weighted by atomic mass is 9.86. The molecule has 0 spiro atoms. The SMILES string of the molecule is CC(C)(C)S(=O)(=O)NC1CCC(C(=O)NCCSCc2ccccc2)CC1. The van der Waals surface area contributed by atoms with Crippen LogP contribution in [-0.2, 0) is 20.6 Å². The molecule has 5 nitrogen and oxygen atoms in total. The second-order valence-corrected chi connectivity index (χ2v) is 11.7. The molecule has 1 aromatic carbocycles. The van der Waals surface area contributed by atoms with Crippen molar-refractivity contribution in [2.45, 2.75) is 63.0 Å². The lowest BCUT2D eigenvalue weighted by Gasteiger charge is -2.30. The molecule has 1 saturated carbocycles. The molecule has 7 heteroatoms. The van der Waals surface area contributed by atoms with E-state index in [0.717, 1.165) is 37.2 Å². The van der Waals surface area contributed by atoms with Gasteiger partial charge in [-0.05, 0) is 52.0 Å². The van der Waals surface area contributed by atoms with Crippen LogP contribution in [0.25, 0.3) is 0 Å². The summed E-state index contributed by atoms with van der Waals surface area (Å²) >= 11 is 1.81. The smallest absolute Gasteiger partial charge is 0.223 e. The van der Waals surface area contributed by atoms with Gasteiger partial charge in [0.05, 0.1) is 4.75 Å². The first-order chi connectivity index (χ1) is 12.7. The summed E-state index contributed by atoms with van der Waals surface area (Å²) in [6, 6.07) is 10.2. The van der Waals surface area contributed by atoms with Crippen molar-refractivity contribution in [1.29, 1.82) is 0 Å². The van der Waals surface area contributed by atoms with Crippen LogP contribution in [0.15, 0.2) is 30.3 Å². The number of benzene rings is 1. The molecule has 0 unspecified atom stereocenters. The lowest BCUT2D eigenvalue weighted by molar-refractivity contribution is -0.125. The molecule has 2 rings (SSSR count). The molecule has 0 bridgehead atoms. The minimum absolute atomic E-state index is 0.000450. The van der Waals surface area contributed by atoms with E-state index in [2.05, 4.69) is 22.2 Å². The van der Waals surface area contributed by atoms with Crippen molar-refractivity contribution in [3.8, 4) is 0 Å². The maximum Gasteiger partial charge on any atom is 0.223 e. The minimum atomic E-state index is -3.33. The van der Waals surface area contributed by atoms with E-state index in [4.69, 9.17) is 0 Å². The molecule has 0 saturated heterocycles. The molecule has 2 N–H and O–H groups in total. The molecule has 1 aromatic rings.